The summed E-state index contributed by atoms with van der Waals surface area (Å²) >= 11 is 0. The molecule has 5 heteroatoms. The fourth-order valence-electron chi connectivity index (χ4n) is 1.52. The number of ether oxygens (including phenoxy) is 1. The van der Waals surface area contributed by atoms with Crippen molar-refractivity contribution in [2.75, 3.05) is 7.11 Å². The van der Waals surface area contributed by atoms with Gasteiger partial charge in [-0.2, -0.15) is 0 Å². The molecule has 0 unspecified atom stereocenters. The number of hydrogen-bond donors (Lipinski definition) is 0. The van der Waals surface area contributed by atoms with E-state index in [9.17, 15) is 4.79 Å². The van der Waals surface area contributed by atoms with Crippen LogP contribution >= 0.6 is 0 Å². The second kappa shape index (κ2) is 5.00. The average Bonchev–Trinajstić information content (AvgIpc) is 2.71. The Bertz CT molecular complexity index is 558. The summed E-state index contributed by atoms with van der Waals surface area (Å²) in [5, 5.41) is 0. The lowest BCUT2D eigenvalue weighted by Crippen LogP contribution is -2.05. The molecule has 0 radical (unpaired) electrons. The second-order valence-electron chi connectivity index (χ2n) is 3.96. The van der Waals surface area contributed by atoms with Crippen LogP contribution in [0.4, 0.5) is 0 Å². The number of hydrogen-bond acceptors (Lipinski definition) is 5. The molecule has 18 heavy (non-hydrogen) atoms. The van der Waals surface area contributed by atoms with Gasteiger partial charge in [0.15, 0.2) is 0 Å². The van der Waals surface area contributed by atoms with E-state index in [0.717, 1.165) is 11.3 Å². The van der Waals surface area contributed by atoms with E-state index in [1.165, 1.54) is 7.11 Å². The summed E-state index contributed by atoms with van der Waals surface area (Å²) < 4.78 is 10.1. The van der Waals surface area contributed by atoms with Crippen LogP contribution in [0.5, 0.6) is 0 Å². The summed E-state index contributed by atoms with van der Waals surface area (Å²) in [6.07, 6.45) is 1.81. The van der Waals surface area contributed by atoms with E-state index in [-0.39, 0.29) is 12.4 Å². The maximum Gasteiger partial charge on any atom is 0.311 e. The standard InChI is InChI=1S/C13H14N2O3/c1-8-4-5-10(7-14-8)13-15-11(9(2)18-13)6-12(16)17-3/h4-5,7H,6H2,1-3H3. The van der Waals surface area contributed by atoms with Gasteiger partial charge in [-0.25, -0.2) is 4.98 Å². The Labute approximate surface area is 105 Å². The highest BCUT2D eigenvalue weighted by molar-refractivity contribution is 5.72. The first-order valence-electron chi connectivity index (χ1n) is 5.56. The van der Waals surface area contributed by atoms with Crippen molar-refractivity contribution >= 4 is 5.97 Å². The number of oxazole rings is 1. The predicted octanol–water partition coefficient (Wildman–Crippen LogP) is 2.07. The van der Waals surface area contributed by atoms with Crippen molar-refractivity contribution in [3.05, 3.63) is 35.5 Å². The third-order valence-electron chi connectivity index (χ3n) is 2.59. The molecule has 0 aliphatic heterocycles. The zero-order valence-corrected chi connectivity index (χ0v) is 10.6. The summed E-state index contributed by atoms with van der Waals surface area (Å²) in [4.78, 5) is 19.7. The van der Waals surface area contributed by atoms with Crippen LogP contribution in [-0.2, 0) is 16.0 Å². The lowest BCUT2D eigenvalue weighted by molar-refractivity contribution is -0.139. The van der Waals surface area contributed by atoms with Crippen molar-refractivity contribution in [2.45, 2.75) is 20.3 Å². The van der Waals surface area contributed by atoms with Crippen molar-refractivity contribution in [1.29, 1.82) is 0 Å². The molecule has 0 aliphatic carbocycles. The Morgan fingerprint density at radius 1 is 1.39 bits per heavy atom. The molecule has 0 saturated heterocycles. The van der Waals surface area contributed by atoms with Crippen molar-refractivity contribution in [1.82, 2.24) is 9.97 Å². The van der Waals surface area contributed by atoms with E-state index < -0.39 is 0 Å². The van der Waals surface area contributed by atoms with E-state index in [4.69, 9.17) is 4.42 Å². The highest BCUT2D eigenvalue weighted by atomic mass is 16.5. The monoisotopic (exact) mass is 246 g/mol. The minimum Gasteiger partial charge on any atom is -0.469 e. The van der Waals surface area contributed by atoms with Crippen LogP contribution in [0.25, 0.3) is 11.5 Å². The van der Waals surface area contributed by atoms with Gasteiger partial charge >= 0.3 is 5.97 Å². The van der Waals surface area contributed by atoms with Crippen LogP contribution in [0.15, 0.2) is 22.7 Å². The van der Waals surface area contributed by atoms with Gasteiger partial charge in [-0.1, -0.05) is 0 Å². The summed E-state index contributed by atoms with van der Waals surface area (Å²) in [6.45, 7) is 3.68. The number of aromatic nitrogens is 2. The summed E-state index contributed by atoms with van der Waals surface area (Å²) in [7, 11) is 1.35. The fraction of sp³-hybridized carbons (Fsp3) is 0.308. The first-order valence-corrected chi connectivity index (χ1v) is 5.56. The number of nitrogens with zero attached hydrogens (tertiary/aromatic N) is 2. The summed E-state index contributed by atoms with van der Waals surface area (Å²) in [5.41, 5.74) is 2.31. The molecular formula is C13H14N2O3. The van der Waals surface area contributed by atoms with E-state index in [0.29, 0.717) is 17.3 Å². The van der Waals surface area contributed by atoms with Crippen molar-refractivity contribution in [2.24, 2.45) is 0 Å². The van der Waals surface area contributed by atoms with Gasteiger partial charge in [0.2, 0.25) is 5.89 Å². The third kappa shape index (κ3) is 2.56. The molecule has 2 rings (SSSR count). The van der Waals surface area contributed by atoms with E-state index in [1.54, 1.807) is 13.1 Å². The predicted molar refractivity (Wildman–Crippen MR) is 64.9 cm³/mol. The van der Waals surface area contributed by atoms with Gasteiger partial charge in [-0.3, -0.25) is 9.78 Å². The molecular weight excluding hydrogens is 232 g/mol. The molecule has 0 aromatic carbocycles. The lowest BCUT2D eigenvalue weighted by Gasteiger charge is -1.95. The molecule has 0 aliphatic rings. The van der Waals surface area contributed by atoms with Gasteiger partial charge in [-0.15, -0.1) is 0 Å². The normalized spacial score (nSPS) is 10.4. The number of carbonyl (C=O) groups is 1. The summed E-state index contributed by atoms with van der Waals surface area (Å²) in [5.74, 6) is 0.759. The number of rotatable bonds is 3. The largest absolute Gasteiger partial charge is 0.469 e. The SMILES string of the molecule is COC(=O)Cc1nc(-c2ccc(C)nc2)oc1C. The highest BCUT2D eigenvalue weighted by Crippen LogP contribution is 2.21. The van der Waals surface area contributed by atoms with Crippen LogP contribution in [0.1, 0.15) is 17.1 Å². The number of methoxy groups -OCH3 is 1. The molecule has 0 amide bonds. The molecule has 0 N–H and O–H groups in total. The minimum atomic E-state index is -0.333. The van der Waals surface area contributed by atoms with Crippen LogP contribution < -0.4 is 0 Å². The Morgan fingerprint density at radius 2 is 2.17 bits per heavy atom. The molecule has 0 saturated carbocycles. The van der Waals surface area contributed by atoms with Gasteiger partial charge in [-0.05, 0) is 26.0 Å². The Hall–Kier alpha value is -2.17. The topological polar surface area (TPSA) is 65.2 Å². The minimum absolute atomic E-state index is 0.116. The van der Waals surface area contributed by atoms with Gasteiger partial charge < -0.3 is 9.15 Å². The van der Waals surface area contributed by atoms with Crippen LogP contribution in [0, 0.1) is 13.8 Å². The highest BCUT2D eigenvalue weighted by Gasteiger charge is 2.14. The zero-order chi connectivity index (χ0) is 13.1. The molecule has 0 fully saturated rings. The first-order chi connectivity index (χ1) is 8.60. The fourth-order valence-corrected chi connectivity index (χ4v) is 1.52. The molecule has 0 spiro atoms. The number of carbonyl (C=O) groups excluding carboxylic acids is 1. The van der Waals surface area contributed by atoms with E-state index in [1.807, 2.05) is 19.1 Å². The van der Waals surface area contributed by atoms with E-state index in [2.05, 4.69) is 14.7 Å². The van der Waals surface area contributed by atoms with Crippen LogP contribution in [0.2, 0.25) is 0 Å². The lowest BCUT2D eigenvalue weighted by atomic mass is 10.2. The van der Waals surface area contributed by atoms with Gasteiger partial charge in [0.05, 0.1) is 24.8 Å². The number of aryl methyl sites for hydroxylation is 2. The van der Waals surface area contributed by atoms with Gasteiger partial charge in [0.1, 0.15) is 5.76 Å². The molecule has 0 bridgehead atoms. The Morgan fingerprint density at radius 3 is 2.78 bits per heavy atom. The average molecular weight is 246 g/mol. The Kier molecular flexibility index (Phi) is 3.41. The summed E-state index contributed by atoms with van der Waals surface area (Å²) in [6, 6.07) is 3.77. The van der Waals surface area contributed by atoms with Crippen LogP contribution in [-0.4, -0.2) is 23.0 Å². The molecule has 5 nitrogen and oxygen atoms in total. The molecule has 0 atom stereocenters. The van der Waals surface area contributed by atoms with Crippen molar-refractivity contribution in [3.8, 4) is 11.5 Å². The molecule has 94 valence electrons. The second-order valence-corrected chi connectivity index (χ2v) is 3.96. The zero-order valence-electron chi connectivity index (χ0n) is 10.6. The number of pyridine rings is 1. The quantitative estimate of drug-likeness (QED) is 0.775. The van der Waals surface area contributed by atoms with Crippen molar-refractivity contribution in [3.63, 3.8) is 0 Å². The molecule has 2 aromatic rings. The van der Waals surface area contributed by atoms with Gasteiger partial charge in [0, 0.05) is 11.9 Å². The molecule has 2 aromatic heterocycles. The number of esters is 1. The third-order valence-corrected chi connectivity index (χ3v) is 2.59. The maximum absolute atomic E-state index is 11.2. The Balaban J connectivity index is 2.28. The van der Waals surface area contributed by atoms with Gasteiger partial charge in [0.25, 0.3) is 0 Å². The first kappa shape index (κ1) is 12.3. The smallest absolute Gasteiger partial charge is 0.311 e. The van der Waals surface area contributed by atoms with Crippen molar-refractivity contribution < 1.29 is 13.9 Å². The maximum atomic E-state index is 11.2. The molecule has 2 heterocycles. The van der Waals surface area contributed by atoms with E-state index >= 15 is 0 Å². The van der Waals surface area contributed by atoms with Crippen LogP contribution in [0.3, 0.4) is 0 Å².